The second-order valence-electron chi connectivity index (χ2n) is 5.98. The number of thiophene rings is 1. The molecule has 0 radical (unpaired) electrons. The van der Waals surface area contributed by atoms with Gasteiger partial charge in [0, 0.05) is 28.0 Å². The molecule has 0 amide bonds. The van der Waals surface area contributed by atoms with Gasteiger partial charge in [-0.1, -0.05) is 36.4 Å². The van der Waals surface area contributed by atoms with Gasteiger partial charge in [-0.15, -0.1) is 11.3 Å². The van der Waals surface area contributed by atoms with Crippen molar-refractivity contribution in [3.05, 3.63) is 70.4 Å². The lowest BCUT2D eigenvalue weighted by molar-refractivity contribution is 0.475. The summed E-state index contributed by atoms with van der Waals surface area (Å²) in [4.78, 5) is 1.42. The van der Waals surface area contributed by atoms with Crippen LogP contribution in [-0.4, -0.2) is 15.3 Å². The molecule has 2 heterocycles. The maximum absolute atomic E-state index is 9.41. The molecule has 0 fully saturated rings. The Morgan fingerprint density at radius 1 is 0.875 bits per heavy atom. The molecule has 4 heteroatoms. The summed E-state index contributed by atoms with van der Waals surface area (Å²) in [5.41, 5.74) is 8.17. The van der Waals surface area contributed by atoms with Crippen molar-refractivity contribution in [2.45, 2.75) is 6.42 Å². The van der Waals surface area contributed by atoms with Gasteiger partial charge in [-0.25, -0.2) is 0 Å². The highest BCUT2D eigenvalue weighted by Gasteiger charge is 2.25. The third-order valence-electron chi connectivity index (χ3n) is 4.58. The summed E-state index contributed by atoms with van der Waals surface area (Å²) in [5, 5.41) is 19.3. The fourth-order valence-electron chi connectivity index (χ4n) is 3.33. The minimum absolute atomic E-state index is 0.287. The normalized spacial score (nSPS) is 12.2. The van der Waals surface area contributed by atoms with Gasteiger partial charge in [0.25, 0.3) is 0 Å². The maximum atomic E-state index is 9.41. The second-order valence-corrected chi connectivity index (χ2v) is 6.98. The Morgan fingerprint density at radius 2 is 1.54 bits per heavy atom. The third kappa shape index (κ3) is 2.00. The molecule has 1 aliphatic rings. The van der Waals surface area contributed by atoms with Crippen LogP contribution >= 0.6 is 11.3 Å². The maximum Gasteiger partial charge on any atom is 0.115 e. The van der Waals surface area contributed by atoms with Crippen LogP contribution in [0.2, 0.25) is 0 Å². The summed E-state index contributed by atoms with van der Waals surface area (Å²) in [6, 6.07) is 17.9. The van der Waals surface area contributed by atoms with Crippen LogP contribution in [0.1, 0.15) is 10.4 Å². The standard InChI is InChI=1S/C20H14N2OS/c23-15-7-5-13(6-8-15)12-1-3-14(4-2-12)19-17-11-18-16(9-10-24-18)20(17)22-21-19/h1-10,23H,11H2,(H,21,22). The molecule has 5 rings (SSSR count). The number of H-pyrrole nitrogens is 1. The molecule has 2 aromatic heterocycles. The summed E-state index contributed by atoms with van der Waals surface area (Å²) in [6.07, 6.45) is 0.966. The van der Waals surface area contributed by atoms with Crippen molar-refractivity contribution in [2.24, 2.45) is 0 Å². The van der Waals surface area contributed by atoms with Crippen LogP contribution in [0.5, 0.6) is 5.75 Å². The van der Waals surface area contributed by atoms with E-state index in [2.05, 4.69) is 45.9 Å². The largest absolute Gasteiger partial charge is 0.508 e. The van der Waals surface area contributed by atoms with E-state index in [9.17, 15) is 5.11 Å². The van der Waals surface area contributed by atoms with E-state index in [0.717, 1.165) is 28.8 Å². The quantitative estimate of drug-likeness (QED) is 0.474. The number of hydrogen-bond acceptors (Lipinski definition) is 3. The van der Waals surface area contributed by atoms with Gasteiger partial charge in [-0.2, -0.15) is 5.10 Å². The SMILES string of the molecule is Oc1ccc(-c2ccc(-c3n[nH]c4c3Cc3sccc3-4)cc2)cc1. The number of phenolic OH excluding ortho intramolecular Hbond substituents is 1. The molecule has 2 N–H and O–H groups in total. The molecule has 4 aromatic rings. The number of nitrogens with zero attached hydrogens (tertiary/aromatic N) is 1. The number of aromatic hydroxyl groups is 1. The zero-order chi connectivity index (χ0) is 16.1. The first-order valence-corrected chi connectivity index (χ1v) is 8.71. The fourth-order valence-corrected chi connectivity index (χ4v) is 4.23. The van der Waals surface area contributed by atoms with Gasteiger partial charge in [0.15, 0.2) is 0 Å². The predicted octanol–water partition coefficient (Wildman–Crippen LogP) is 5.08. The number of rotatable bonds is 2. The molecule has 0 saturated heterocycles. The first-order chi connectivity index (χ1) is 11.8. The Balaban J connectivity index is 1.51. The summed E-state index contributed by atoms with van der Waals surface area (Å²) >= 11 is 1.81. The first kappa shape index (κ1) is 13.6. The number of aromatic amines is 1. The van der Waals surface area contributed by atoms with E-state index in [-0.39, 0.29) is 5.75 Å². The van der Waals surface area contributed by atoms with Crippen LogP contribution in [0.3, 0.4) is 0 Å². The minimum Gasteiger partial charge on any atom is -0.508 e. The molecule has 2 aromatic carbocycles. The molecule has 0 unspecified atom stereocenters. The highest BCUT2D eigenvalue weighted by Crippen LogP contribution is 2.42. The molecule has 24 heavy (non-hydrogen) atoms. The number of nitrogens with one attached hydrogen (secondary N) is 1. The Morgan fingerprint density at radius 3 is 2.29 bits per heavy atom. The van der Waals surface area contributed by atoms with Crippen LogP contribution in [0.15, 0.2) is 60.0 Å². The molecule has 116 valence electrons. The average Bonchev–Trinajstić information content (AvgIpc) is 3.28. The van der Waals surface area contributed by atoms with Gasteiger partial charge in [-0.3, -0.25) is 5.10 Å². The van der Waals surface area contributed by atoms with E-state index in [4.69, 9.17) is 0 Å². The summed E-state index contributed by atoms with van der Waals surface area (Å²) < 4.78 is 0. The zero-order valence-corrected chi connectivity index (χ0v) is 13.6. The van der Waals surface area contributed by atoms with E-state index in [1.807, 2.05) is 23.5 Å². The van der Waals surface area contributed by atoms with E-state index in [1.54, 1.807) is 12.1 Å². The summed E-state index contributed by atoms with van der Waals surface area (Å²) in [7, 11) is 0. The molecular formula is C20H14N2OS. The molecule has 1 aliphatic carbocycles. The van der Waals surface area contributed by atoms with E-state index in [1.165, 1.54) is 21.7 Å². The molecule has 0 aliphatic heterocycles. The highest BCUT2D eigenvalue weighted by atomic mass is 32.1. The van der Waals surface area contributed by atoms with Gasteiger partial charge in [0.2, 0.25) is 0 Å². The number of hydrogen-bond donors (Lipinski definition) is 2. The molecule has 0 atom stereocenters. The van der Waals surface area contributed by atoms with Crippen LogP contribution in [0.4, 0.5) is 0 Å². The lowest BCUT2D eigenvalue weighted by atomic mass is 10.0. The van der Waals surface area contributed by atoms with Crippen molar-refractivity contribution < 1.29 is 5.11 Å². The lowest BCUT2D eigenvalue weighted by Crippen LogP contribution is -1.86. The molecule has 0 saturated carbocycles. The van der Waals surface area contributed by atoms with E-state index >= 15 is 0 Å². The third-order valence-corrected chi connectivity index (χ3v) is 5.50. The summed E-state index contributed by atoms with van der Waals surface area (Å²) in [5.74, 6) is 0.287. The van der Waals surface area contributed by atoms with Gasteiger partial charge in [0.1, 0.15) is 5.75 Å². The van der Waals surface area contributed by atoms with Crippen molar-refractivity contribution in [3.63, 3.8) is 0 Å². The molecular weight excluding hydrogens is 316 g/mol. The van der Waals surface area contributed by atoms with Gasteiger partial charge in [-0.05, 0) is 34.7 Å². The summed E-state index contributed by atoms with van der Waals surface area (Å²) in [6.45, 7) is 0. The van der Waals surface area contributed by atoms with Crippen molar-refractivity contribution >= 4 is 11.3 Å². The smallest absolute Gasteiger partial charge is 0.115 e. The first-order valence-electron chi connectivity index (χ1n) is 7.83. The van der Waals surface area contributed by atoms with Gasteiger partial charge in [0.05, 0.1) is 11.4 Å². The topological polar surface area (TPSA) is 48.9 Å². The van der Waals surface area contributed by atoms with Crippen LogP contribution < -0.4 is 0 Å². The van der Waals surface area contributed by atoms with Crippen LogP contribution in [0, 0.1) is 0 Å². The minimum atomic E-state index is 0.287. The van der Waals surface area contributed by atoms with Crippen molar-refractivity contribution in [3.8, 4) is 39.4 Å². The van der Waals surface area contributed by atoms with Gasteiger partial charge >= 0.3 is 0 Å². The lowest BCUT2D eigenvalue weighted by Gasteiger charge is -2.04. The predicted molar refractivity (Wildman–Crippen MR) is 97.2 cm³/mol. The van der Waals surface area contributed by atoms with E-state index < -0.39 is 0 Å². The van der Waals surface area contributed by atoms with Crippen LogP contribution in [-0.2, 0) is 6.42 Å². The molecule has 0 bridgehead atoms. The zero-order valence-electron chi connectivity index (χ0n) is 12.8. The average molecular weight is 330 g/mol. The highest BCUT2D eigenvalue weighted by molar-refractivity contribution is 7.10. The van der Waals surface area contributed by atoms with Crippen molar-refractivity contribution in [2.75, 3.05) is 0 Å². The Bertz CT molecular complexity index is 1030. The van der Waals surface area contributed by atoms with Crippen molar-refractivity contribution in [1.82, 2.24) is 10.2 Å². The fraction of sp³-hybridized carbons (Fsp3) is 0.0500. The Kier molecular flexibility index (Phi) is 2.87. The Labute approximate surface area is 143 Å². The Hall–Kier alpha value is -2.85. The van der Waals surface area contributed by atoms with Crippen molar-refractivity contribution in [1.29, 1.82) is 0 Å². The van der Waals surface area contributed by atoms with E-state index in [0.29, 0.717) is 0 Å². The number of benzene rings is 2. The van der Waals surface area contributed by atoms with Crippen LogP contribution in [0.25, 0.3) is 33.6 Å². The monoisotopic (exact) mass is 330 g/mol. The molecule has 3 nitrogen and oxygen atoms in total. The second kappa shape index (κ2) is 5.08. The number of fused-ring (bicyclic) bond motifs is 3. The van der Waals surface area contributed by atoms with Gasteiger partial charge < -0.3 is 5.11 Å². The number of aromatic nitrogens is 2. The molecule has 0 spiro atoms. The number of phenols is 1.